The van der Waals surface area contributed by atoms with Crippen molar-refractivity contribution in [3.05, 3.63) is 258 Å². The summed E-state index contributed by atoms with van der Waals surface area (Å²) in [5.41, 5.74) is 17.4. The van der Waals surface area contributed by atoms with Crippen LogP contribution in [-0.2, 0) is 5.41 Å². The van der Waals surface area contributed by atoms with Gasteiger partial charge in [0.25, 0.3) is 0 Å². The Labute approximate surface area is 390 Å². The van der Waals surface area contributed by atoms with Gasteiger partial charge in [0.15, 0.2) is 0 Å². The molecule has 4 nitrogen and oxygen atoms in total. The first kappa shape index (κ1) is 38.9. The number of para-hydroxylation sites is 1. The van der Waals surface area contributed by atoms with Crippen LogP contribution in [0.3, 0.4) is 0 Å². The van der Waals surface area contributed by atoms with E-state index >= 15 is 0 Å². The van der Waals surface area contributed by atoms with Gasteiger partial charge in [0, 0.05) is 43.9 Å². The summed E-state index contributed by atoms with van der Waals surface area (Å²) < 4.78 is 2.42. The quantitative estimate of drug-likeness (QED) is 0.173. The van der Waals surface area contributed by atoms with Crippen LogP contribution in [0.5, 0.6) is 0 Å². The molecule has 0 saturated carbocycles. The zero-order chi connectivity index (χ0) is 44.6. The van der Waals surface area contributed by atoms with Crippen LogP contribution in [-0.4, -0.2) is 4.57 Å². The van der Waals surface area contributed by atoms with Gasteiger partial charge in [0.05, 0.1) is 27.8 Å². The Morgan fingerprint density at radius 1 is 0.463 bits per heavy atom. The molecule has 13 rings (SSSR count). The normalized spacial score (nSPS) is 14.6. The highest BCUT2D eigenvalue weighted by molar-refractivity contribution is 6.21. The fourth-order valence-corrected chi connectivity index (χ4v) is 11.0. The lowest BCUT2D eigenvalue weighted by atomic mass is 9.71. The van der Waals surface area contributed by atoms with Crippen LogP contribution >= 0.6 is 0 Å². The van der Waals surface area contributed by atoms with E-state index in [1.165, 1.54) is 65.7 Å². The third-order valence-electron chi connectivity index (χ3n) is 14.2. The van der Waals surface area contributed by atoms with E-state index in [-0.39, 0.29) is 11.7 Å². The van der Waals surface area contributed by atoms with Gasteiger partial charge in [0.2, 0.25) is 6.29 Å². The highest BCUT2D eigenvalue weighted by Gasteiger charge is 2.35. The van der Waals surface area contributed by atoms with Crippen molar-refractivity contribution < 1.29 is 0 Å². The number of hydrogen-bond acceptors (Lipinski definition) is 3. The molecular weight excluding hydrogens is 813 g/mol. The van der Waals surface area contributed by atoms with Crippen LogP contribution in [0.1, 0.15) is 36.8 Å². The summed E-state index contributed by atoms with van der Waals surface area (Å²) in [7, 11) is 0. The average molecular weight is 859 g/mol. The van der Waals surface area contributed by atoms with Gasteiger partial charge < -0.3 is 14.8 Å². The highest BCUT2D eigenvalue weighted by atomic mass is 15.3. The number of aromatic nitrogens is 1. The second kappa shape index (κ2) is 15.3. The number of rotatable bonds is 7. The predicted molar refractivity (Wildman–Crippen MR) is 278 cm³/mol. The lowest BCUT2D eigenvalue weighted by molar-refractivity contribution is 0.483. The summed E-state index contributed by atoms with van der Waals surface area (Å²) in [5.74, 6) is 0. The van der Waals surface area contributed by atoms with Crippen molar-refractivity contribution in [1.82, 2.24) is 9.88 Å². The van der Waals surface area contributed by atoms with Gasteiger partial charge in [-0.25, -0.2) is 4.99 Å². The first-order valence-corrected chi connectivity index (χ1v) is 23.2. The molecule has 1 aliphatic heterocycles. The summed E-state index contributed by atoms with van der Waals surface area (Å²) >= 11 is 0. The third-order valence-corrected chi connectivity index (χ3v) is 14.2. The molecule has 1 N–H and O–H groups in total. The molecule has 0 spiro atoms. The molecule has 1 aromatic heterocycles. The van der Waals surface area contributed by atoms with Gasteiger partial charge in [-0.3, -0.25) is 0 Å². The van der Waals surface area contributed by atoms with Gasteiger partial charge in [-0.2, -0.15) is 0 Å². The number of hydrogen-bond donors (Lipinski definition) is 1. The molecule has 10 aromatic carbocycles. The van der Waals surface area contributed by atoms with Crippen molar-refractivity contribution in [3.8, 4) is 33.4 Å². The van der Waals surface area contributed by atoms with E-state index in [1.54, 1.807) is 0 Å². The average Bonchev–Trinajstić information content (AvgIpc) is 3.73. The second-order valence-corrected chi connectivity index (χ2v) is 18.4. The number of nitrogens with zero attached hydrogens (tertiary/aromatic N) is 3. The number of benzene rings is 10. The zero-order valence-corrected chi connectivity index (χ0v) is 37.4. The van der Waals surface area contributed by atoms with E-state index in [1.807, 2.05) is 0 Å². The van der Waals surface area contributed by atoms with Crippen molar-refractivity contribution in [1.29, 1.82) is 0 Å². The molecule has 0 amide bonds. The van der Waals surface area contributed by atoms with Gasteiger partial charge in [-0.15, -0.1) is 0 Å². The molecule has 0 saturated heterocycles. The van der Waals surface area contributed by atoms with Gasteiger partial charge in [-0.05, 0) is 98.2 Å². The van der Waals surface area contributed by atoms with E-state index < -0.39 is 0 Å². The van der Waals surface area contributed by atoms with Crippen molar-refractivity contribution in [2.45, 2.75) is 25.6 Å². The van der Waals surface area contributed by atoms with E-state index in [2.05, 4.69) is 259 Å². The maximum Gasteiger partial charge on any atom is 0.201 e. The van der Waals surface area contributed by atoms with Crippen molar-refractivity contribution in [3.63, 3.8) is 0 Å². The van der Waals surface area contributed by atoms with Crippen molar-refractivity contribution in [2.75, 3.05) is 4.90 Å². The lowest BCUT2D eigenvalue weighted by Gasteiger charge is -2.37. The summed E-state index contributed by atoms with van der Waals surface area (Å²) in [4.78, 5) is 8.01. The summed E-state index contributed by atoms with van der Waals surface area (Å²) in [5, 5.41) is 11.1. The first-order valence-electron chi connectivity index (χ1n) is 23.2. The van der Waals surface area contributed by atoms with Gasteiger partial charge in [0.1, 0.15) is 0 Å². The van der Waals surface area contributed by atoms with Crippen LogP contribution in [0, 0.1) is 0 Å². The minimum atomic E-state index is -0.389. The van der Waals surface area contributed by atoms with Gasteiger partial charge in [-0.1, -0.05) is 196 Å². The van der Waals surface area contributed by atoms with Gasteiger partial charge >= 0.3 is 0 Å². The second-order valence-electron chi connectivity index (χ2n) is 18.4. The molecule has 11 aromatic rings. The van der Waals surface area contributed by atoms with Crippen molar-refractivity contribution >= 4 is 55.3 Å². The maximum absolute atomic E-state index is 5.58. The Balaban J connectivity index is 1.02. The molecule has 67 heavy (non-hydrogen) atoms. The van der Waals surface area contributed by atoms with E-state index in [0.717, 1.165) is 50.3 Å². The molecule has 0 bridgehead atoms. The van der Waals surface area contributed by atoms with Crippen LogP contribution in [0.15, 0.2) is 236 Å². The monoisotopic (exact) mass is 858 g/mol. The standard InChI is InChI=1S/C63H46N4/c1-63(2)53-24-13-11-23-51(53)61-60-54(63)25-15-26-55(60)64-62(65-61)67-57-39-37-48(40-52(57)59-50-22-10-9-20-45(50)34-38-58(59)67)66(47-35-32-44(33-36-47)42-18-7-4-8-19-42)56-27-14-12-21-49(56)46-30-28-43(29-31-46)41-16-5-3-6-17-41/h3-40,62,65H,1-2H3. The summed E-state index contributed by atoms with van der Waals surface area (Å²) in [6.07, 6.45) is -0.389. The smallest absolute Gasteiger partial charge is 0.201 e. The molecule has 0 radical (unpaired) electrons. The Hall–Kier alpha value is -8.47. The maximum atomic E-state index is 5.58. The molecule has 1 unspecified atom stereocenters. The van der Waals surface area contributed by atoms with E-state index in [4.69, 9.17) is 4.99 Å². The molecule has 1 atom stereocenters. The molecule has 0 fully saturated rings. The molecule has 1 aliphatic carbocycles. The van der Waals surface area contributed by atoms with Crippen LogP contribution in [0.2, 0.25) is 0 Å². The fraction of sp³-hybridized carbons (Fsp3) is 0.0635. The molecule has 318 valence electrons. The van der Waals surface area contributed by atoms with Crippen molar-refractivity contribution in [2.24, 2.45) is 4.99 Å². The highest BCUT2D eigenvalue weighted by Crippen LogP contribution is 2.46. The topological polar surface area (TPSA) is 32.6 Å². The minimum Gasteiger partial charge on any atom is -0.345 e. The Morgan fingerprint density at radius 2 is 1.04 bits per heavy atom. The fourth-order valence-electron chi connectivity index (χ4n) is 11.0. The Bertz CT molecular complexity index is 3850. The van der Waals surface area contributed by atoms with Crippen LogP contribution < -0.4 is 20.8 Å². The summed E-state index contributed by atoms with van der Waals surface area (Å²) in [6.45, 7) is 4.67. The number of anilines is 3. The Morgan fingerprint density at radius 3 is 1.81 bits per heavy atom. The third kappa shape index (κ3) is 6.25. The SMILES string of the molecule is CC1(C)c2ccccc2C2=c3c1cccc3=NC(n1c3ccc(N(c4ccc(-c5ccccc5)cc4)c4ccccc4-c4ccc(-c5ccccc5)cc4)cc3c3c4ccccc4ccc31)N2. The molecule has 2 aliphatic rings. The van der Waals surface area contributed by atoms with E-state index in [9.17, 15) is 0 Å². The van der Waals surface area contributed by atoms with Crippen LogP contribution in [0.4, 0.5) is 17.1 Å². The number of nitrogens with one attached hydrogen (secondary N) is 1. The minimum absolute atomic E-state index is 0.157. The number of fused-ring (bicyclic) bond motifs is 7. The first-order chi connectivity index (χ1) is 33.0. The largest absolute Gasteiger partial charge is 0.345 e. The predicted octanol–water partition coefficient (Wildman–Crippen LogP) is 14.6. The van der Waals surface area contributed by atoms with E-state index in [0.29, 0.717) is 0 Å². The Kier molecular flexibility index (Phi) is 8.91. The molecule has 2 heterocycles. The molecular formula is C63H46N4. The molecule has 4 heteroatoms. The zero-order valence-electron chi connectivity index (χ0n) is 37.4. The lowest BCUT2D eigenvalue weighted by Crippen LogP contribution is -2.49. The van der Waals surface area contributed by atoms with Crippen LogP contribution in [0.25, 0.3) is 71.7 Å². The summed E-state index contributed by atoms with van der Waals surface area (Å²) in [6, 6.07) is 83.9.